The Kier molecular flexibility index (Phi) is 17.2. The summed E-state index contributed by atoms with van der Waals surface area (Å²) >= 11 is 0. The molecule has 0 bridgehead atoms. The lowest BCUT2D eigenvalue weighted by molar-refractivity contribution is -0.137. The Morgan fingerprint density at radius 2 is 1.52 bits per heavy atom. The molecule has 4 rings (SSSR count). The highest BCUT2D eigenvalue weighted by atomic mass is 32.2. The molecule has 2 aromatic rings. The second kappa shape index (κ2) is 21.2. The van der Waals surface area contributed by atoms with Crippen LogP contribution in [0, 0.1) is 5.41 Å². The SMILES string of the molecule is COCCOCCOCCOCCN1c2cc(O)c(C(=C\CC(C)(C)C)/C=C/C=C3\N(CCCCCC(=O)O)c4ccc(S(=O)(=O)O)cc4C3(C)C)cc2C(C)=CC1(C)C. The number of hydrogen-bond donors (Lipinski definition) is 3. The maximum atomic E-state index is 12.2. The second-order valence-corrected chi connectivity index (χ2v) is 19.2. The van der Waals surface area contributed by atoms with Crippen LogP contribution in [0.3, 0.4) is 0 Å². The van der Waals surface area contributed by atoms with Gasteiger partial charge in [0.25, 0.3) is 10.1 Å². The maximum absolute atomic E-state index is 12.2. The first kappa shape index (κ1) is 48.7. The first-order chi connectivity index (χ1) is 28.2. The Hall–Kier alpha value is -3.98. The van der Waals surface area contributed by atoms with Crippen molar-refractivity contribution in [3.05, 3.63) is 83.1 Å². The van der Waals surface area contributed by atoms with Crippen LogP contribution in [0.4, 0.5) is 11.4 Å². The Morgan fingerprint density at radius 1 is 0.867 bits per heavy atom. The molecule has 0 spiro atoms. The molecule has 0 saturated heterocycles. The molecular formula is C47H68N2O10S. The monoisotopic (exact) mass is 852 g/mol. The molecule has 3 N–H and O–H groups in total. The fourth-order valence-electron chi connectivity index (χ4n) is 7.80. The summed E-state index contributed by atoms with van der Waals surface area (Å²) in [6.07, 6.45) is 13.3. The third kappa shape index (κ3) is 13.3. The van der Waals surface area contributed by atoms with E-state index in [0.717, 1.165) is 58.6 Å². The van der Waals surface area contributed by atoms with Gasteiger partial charge in [-0.2, -0.15) is 8.42 Å². The molecule has 0 unspecified atom stereocenters. The number of hydrogen-bond acceptors (Lipinski definition) is 10. The van der Waals surface area contributed by atoms with Crippen molar-refractivity contribution in [2.75, 3.05) is 76.2 Å². The summed E-state index contributed by atoms with van der Waals surface area (Å²) in [6.45, 7) is 21.7. The fourth-order valence-corrected chi connectivity index (χ4v) is 8.30. The van der Waals surface area contributed by atoms with Gasteiger partial charge in [-0.25, -0.2) is 0 Å². The zero-order chi connectivity index (χ0) is 44.3. The molecule has 332 valence electrons. The van der Waals surface area contributed by atoms with Crippen molar-refractivity contribution in [3.63, 3.8) is 0 Å². The minimum Gasteiger partial charge on any atom is -0.507 e. The van der Waals surface area contributed by atoms with Gasteiger partial charge in [-0.3, -0.25) is 9.35 Å². The van der Waals surface area contributed by atoms with Gasteiger partial charge in [-0.15, -0.1) is 0 Å². The molecular weight excluding hydrogens is 785 g/mol. The molecule has 2 aromatic carbocycles. The molecule has 0 aromatic heterocycles. The highest BCUT2D eigenvalue weighted by molar-refractivity contribution is 7.85. The third-order valence-electron chi connectivity index (χ3n) is 10.9. The van der Waals surface area contributed by atoms with E-state index >= 15 is 0 Å². The fraction of sp³-hybridized carbons (Fsp3) is 0.553. The van der Waals surface area contributed by atoms with Crippen LogP contribution < -0.4 is 9.80 Å². The minimum absolute atomic E-state index is 0.0157. The van der Waals surface area contributed by atoms with Crippen molar-refractivity contribution in [2.24, 2.45) is 5.41 Å². The predicted molar refractivity (Wildman–Crippen MR) is 240 cm³/mol. The van der Waals surface area contributed by atoms with Gasteiger partial charge < -0.3 is 39.0 Å². The van der Waals surface area contributed by atoms with Gasteiger partial charge in [-0.05, 0) is 92.5 Å². The molecule has 12 nitrogen and oxygen atoms in total. The predicted octanol–water partition coefficient (Wildman–Crippen LogP) is 9.04. The van der Waals surface area contributed by atoms with Crippen molar-refractivity contribution in [1.82, 2.24) is 0 Å². The van der Waals surface area contributed by atoms with Crippen molar-refractivity contribution < 1.29 is 46.9 Å². The molecule has 0 fully saturated rings. The van der Waals surface area contributed by atoms with E-state index in [9.17, 15) is 22.9 Å². The molecule has 0 atom stereocenters. The number of carbonyl (C=O) groups is 1. The van der Waals surface area contributed by atoms with Gasteiger partial charge in [-0.1, -0.05) is 65.3 Å². The van der Waals surface area contributed by atoms with Crippen LogP contribution in [0.5, 0.6) is 5.75 Å². The number of nitrogens with zero attached hydrogens (tertiary/aromatic N) is 2. The van der Waals surface area contributed by atoms with Crippen LogP contribution >= 0.6 is 0 Å². The molecule has 60 heavy (non-hydrogen) atoms. The summed E-state index contributed by atoms with van der Waals surface area (Å²) in [6, 6.07) is 8.62. The molecule has 0 amide bonds. The number of phenolic OH excluding ortho intramolecular Hbond substituents is 1. The van der Waals surface area contributed by atoms with Crippen molar-refractivity contribution in [2.45, 2.75) is 103 Å². The number of anilines is 2. The Labute approximate surface area is 358 Å². The first-order valence-electron chi connectivity index (χ1n) is 20.9. The summed E-state index contributed by atoms with van der Waals surface area (Å²) in [5.74, 6) is -0.656. The number of rotatable bonds is 23. The Bertz CT molecular complexity index is 2020. The molecule has 0 saturated carbocycles. The maximum Gasteiger partial charge on any atom is 0.303 e. The smallest absolute Gasteiger partial charge is 0.303 e. The number of carboxylic acids is 1. The Morgan fingerprint density at radius 3 is 2.13 bits per heavy atom. The van der Waals surface area contributed by atoms with E-state index in [4.69, 9.17) is 24.1 Å². The van der Waals surface area contributed by atoms with E-state index < -0.39 is 21.5 Å². The quantitative estimate of drug-likeness (QED) is 0.0555. The van der Waals surface area contributed by atoms with Crippen LogP contribution in [-0.2, 0) is 39.3 Å². The number of aromatic hydroxyl groups is 1. The standard InChI is InChI=1S/C47H68N2O10S/c1-34-33-46(5,6)49(22-23-57-26-27-59-29-28-58-25-24-56-9)41-32-42(50)38(31-37(34)41)35(19-20-45(2,3)4)14-13-15-43-47(7,8)39-30-36(60(53,54)55)17-18-40(39)48(43)21-12-10-11-16-44(51)52/h13-15,17-19,30-33,50H,10-12,16,20-29H2,1-9H3,(H,51,52)(H,53,54,55)/b14-13+,35-19-,43-15-. The molecule has 0 radical (unpaired) electrons. The van der Waals surface area contributed by atoms with Crippen molar-refractivity contribution in [3.8, 4) is 5.75 Å². The van der Waals surface area contributed by atoms with Crippen LogP contribution in [-0.4, -0.2) is 101 Å². The number of allylic oxidation sites excluding steroid dienone is 7. The number of carboxylic acid groups (broad SMARTS) is 1. The minimum atomic E-state index is -4.42. The van der Waals surface area contributed by atoms with E-state index in [2.05, 4.69) is 69.6 Å². The van der Waals surface area contributed by atoms with E-state index in [1.807, 2.05) is 38.1 Å². The highest BCUT2D eigenvalue weighted by Crippen LogP contribution is 2.49. The largest absolute Gasteiger partial charge is 0.507 e. The van der Waals surface area contributed by atoms with E-state index in [1.54, 1.807) is 13.2 Å². The summed E-state index contributed by atoms with van der Waals surface area (Å²) in [7, 11) is -2.78. The Balaban J connectivity index is 1.62. The zero-order valence-corrected chi connectivity index (χ0v) is 38.0. The lowest BCUT2D eigenvalue weighted by Gasteiger charge is -2.43. The highest BCUT2D eigenvalue weighted by Gasteiger charge is 2.40. The normalized spacial score (nSPS) is 17.1. The lowest BCUT2D eigenvalue weighted by atomic mass is 9.83. The number of methoxy groups -OCH3 is 1. The zero-order valence-electron chi connectivity index (χ0n) is 37.2. The topological polar surface area (TPSA) is 155 Å². The van der Waals surface area contributed by atoms with Crippen LogP contribution in [0.25, 0.3) is 11.1 Å². The van der Waals surface area contributed by atoms with Crippen LogP contribution in [0.1, 0.15) is 104 Å². The van der Waals surface area contributed by atoms with Gasteiger partial charge >= 0.3 is 5.97 Å². The molecule has 0 aliphatic carbocycles. The number of aliphatic carboxylic acids is 1. The summed E-state index contributed by atoms with van der Waals surface area (Å²) < 4.78 is 56.2. The third-order valence-corrected chi connectivity index (χ3v) is 11.8. The number of ether oxygens (including phenoxy) is 4. The molecule has 13 heteroatoms. The number of benzene rings is 2. The van der Waals surface area contributed by atoms with Crippen molar-refractivity contribution in [1.29, 1.82) is 0 Å². The number of fused-ring (bicyclic) bond motifs is 2. The lowest BCUT2D eigenvalue weighted by Crippen LogP contribution is -2.46. The molecule has 2 aliphatic heterocycles. The summed E-state index contributed by atoms with van der Waals surface area (Å²) in [4.78, 5) is 15.4. The van der Waals surface area contributed by atoms with Crippen molar-refractivity contribution >= 4 is 38.6 Å². The van der Waals surface area contributed by atoms with Gasteiger partial charge in [0.1, 0.15) is 5.75 Å². The van der Waals surface area contributed by atoms with Crippen LogP contribution in [0.2, 0.25) is 0 Å². The molecule has 2 aliphatic rings. The van der Waals surface area contributed by atoms with E-state index in [1.165, 1.54) is 12.1 Å². The van der Waals surface area contributed by atoms with Crippen LogP contribution in [0.15, 0.2) is 71.3 Å². The van der Waals surface area contributed by atoms with E-state index in [0.29, 0.717) is 71.3 Å². The molecule has 2 heterocycles. The number of unbranched alkanes of at least 4 members (excludes halogenated alkanes) is 2. The summed E-state index contributed by atoms with van der Waals surface area (Å²) in [5, 5.41) is 20.9. The van der Waals surface area contributed by atoms with Gasteiger partial charge in [0.15, 0.2) is 0 Å². The number of phenols is 1. The average Bonchev–Trinajstić information content (AvgIpc) is 3.36. The van der Waals surface area contributed by atoms with Gasteiger partial charge in [0.2, 0.25) is 0 Å². The van der Waals surface area contributed by atoms with Gasteiger partial charge in [0.05, 0.1) is 56.7 Å². The van der Waals surface area contributed by atoms with E-state index in [-0.39, 0.29) is 28.0 Å². The summed E-state index contributed by atoms with van der Waals surface area (Å²) in [5.41, 5.74) is 6.23. The van der Waals surface area contributed by atoms with Gasteiger partial charge in [0, 0.05) is 66.3 Å². The first-order valence-corrected chi connectivity index (χ1v) is 22.4. The average molecular weight is 853 g/mol. The second-order valence-electron chi connectivity index (χ2n) is 17.8.